The van der Waals surface area contributed by atoms with Gasteiger partial charge in [0, 0.05) is 23.1 Å². The Kier molecular flexibility index (Phi) is 10.6. The third-order valence-corrected chi connectivity index (χ3v) is 7.71. The largest absolute Gasteiger partial charge is 1.00 e. The number of ketones is 1. The smallest absolute Gasteiger partial charge is 0.545 e. The van der Waals surface area contributed by atoms with E-state index >= 15 is 0 Å². The van der Waals surface area contributed by atoms with Crippen LogP contribution in [0.5, 0.6) is 23.0 Å². The van der Waals surface area contributed by atoms with E-state index in [1.807, 2.05) is 0 Å². The van der Waals surface area contributed by atoms with E-state index < -0.39 is 11.8 Å². The molecule has 0 saturated heterocycles. The van der Waals surface area contributed by atoms with Crippen LogP contribution in [-0.4, -0.2) is 47.9 Å². The second kappa shape index (κ2) is 14.2. The topological polar surface area (TPSA) is 120 Å². The van der Waals surface area contributed by atoms with E-state index in [0.29, 0.717) is 50.7 Å². The van der Waals surface area contributed by atoms with Crippen molar-refractivity contribution in [2.45, 2.75) is 38.2 Å². The van der Waals surface area contributed by atoms with Crippen LogP contribution in [0.3, 0.4) is 0 Å². The monoisotopic (exact) mass is 596 g/mol. The van der Waals surface area contributed by atoms with Gasteiger partial charge >= 0.3 is 29.6 Å². The van der Waals surface area contributed by atoms with E-state index in [0.717, 1.165) is 37.4 Å². The van der Waals surface area contributed by atoms with Gasteiger partial charge in [-0.1, -0.05) is 6.07 Å². The van der Waals surface area contributed by atoms with Gasteiger partial charge in [0.05, 0.1) is 45.1 Å². The van der Waals surface area contributed by atoms with Gasteiger partial charge in [-0.2, -0.15) is 8.75 Å². The van der Waals surface area contributed by atoms with E-state index in [1.165, 1.54) is 21.3 Å². The molecule has 0 atom stereocenters. The molecule has 9 nitrogen and oxygen atoms in total. The summed E-state index contributed by atoms with van der Waals surface area (Å²) in [5, 5.41) is 12.7. The van der Waals surface area contributed by atoms with Gasteiger partial charge in [0.15, 0.2) is 17.3 Å². The van der Waals surface area contributed by atoms with Crippen LogP contribution in [0.2, 0.25) is 0 Å². The van der Waals surface area contributed by atoms with Gasteiger partial charge < -0.3 is 28.8 Å². The first-order valence-corrected chi connectivity index (χ1v) is 13.9. The molecule has 212 valence electrons. The number of aromatic nitrogens is 2. The second-order valence-corrected chi connectivity index (χ2v) is 10.2. The fourth-order valence-electron chi connectivity index (χ4n) is 5.11. The van der Waals surface area contributed by atoms with Gasteiger partial charge in [-0.25, -0.2) is 0 Å². The molecule has 3 aromatic carbocycles. The molecule has 0 amide bonds. The number of carbonyl (C=O) groups excluding carboxylic acids is 2. The number of nitrogens with zero attached hydrogens (tertiary/aromatic N) is 2. The Morgan fingerprint density at radius 1 is 0.857 bits per heavy atom. The van der Waals surface area contributed by atoms with Crippen LogP contribution in [0, 0.1) is 0 Å². The summed E-state index contributed by atoms with van der Waals surface area (Å²) in [6, 6.07) is 14.9. The van der Waals surface area contributed by atoms with Crippen LogP contribution in [0.4, 0.5) is 0 Å². The SMILES string of the molecule is COc1ccc(C(=O)C(Cc2cc(OC)c(OC)c(OC3CCCC3)c2)=C(C(=O)[O-])c2ccc3nsnc3c2)cc1.[Na+]. The molecule has 1 aliphatic rings. The number of rotatable bonds is 11. The molecule has 11 heteroatoms. The first-order chi connectivity index (χ1) is 19.9. The van der Waals surface area contributed by atoms with Crippen molar-refractivity contribution < 1.29 is 63.2 Å². The van der Waals surface area contributed by atoms with Crippen LogP contribution < -0.4 is 53.6 Å². The molecule has 1 saturated carbocycles. The number of ether oxygens (including phenoxy) is 4. The number of fused-ring (bicyclic) bond motifs is 1. The minimum Gasteiger partial charge on any atom is -0.545 e. The van der Waals surface area contributed by atoms with Gasteiger partial charge in [0.2, 0.25) is 5.75 Å². The maximum absolute atomic E-state index is 14.0. The van der Waals surface area contributed by atoms with Gasteiger partial charge in [-0.15, -0.1) is 0 Å². The minimum absolute atomic E-state index is 0. The molecule has 0 bridgehead atoms. The summed E-state index contributed by atoms with van der Waals surface area (Å²) in [5.41, 5.74) is 2.19. The first kappa shape index (κ1) is 31.5. The summed E-state index contributed by atoms with van der Waals surface area (Å²) < 4.78 is 31.2. The number of carboxylic acid groups (broad SMARTS) is 1. The fraction of sp³-hybridized carbons (Fsp3) is 0.290. The molecule has 5 rings (SSSR count). The Morgan fingerprint density at radius 2 is 1.52 bits per heavy atom. The predicted molar refractivity (Wildman–Crippen MR) is 153 cm³/mol. The van der Waals surface area contributed by atoms with Crippen molar-refractivity contribution in [2.75, 3.05) is 21.3 Å². The standard InChI is InChI=1S/C31H30N2O7S.Na/c1-37-21-11-8-19(9-12-21)29(34)23(28(31(35)36)20-10-13-24-25(17-20)33-41-32-24)14-18-15-26(38-2)30(39-3)27(16-18)40-22-6-4-5-7-22;/h8-13,15-17,22H,4-7,14H2,1-3H3,(H,35,36);/q;+1/p-1. The van der Waals surface area contributed by atoms with Crippen molar-refractivity contribution in [1.29, 1.82) is 0 Å². The molecule has 1 aromatic heterocycles. The van der Waals surface area contributed by atoms with Crippen molar-refractivity contribution in [3.8, 4) is 23.0 Å². The van der Waals surface area contributed by atoms with E-state index in [9.17, 15) is 14.7 Å². The number of carbonyl (C=O) groups is 2. The molecular weight excluding hydrogens is 567 g/mol. The van der Waals surface area contributed by atoms with Crippen molar-refractivity contribution in [3.05, 3.63) is 76.9 Å². The molecular formula is C31H29N2NaO7S. The fourth-order valence-corrected chi connectivity index (χ4v) is 5.63. The van der Waals surface area contributed by atoms with Crippen molar-refractivity contribution in [1.82, 2.24) is 8.75 Å². The van der Waals surface area contributed by atoms with Gasteiger partial charge in [-0.05, 0) is 85.3 Å². The van der Waals surface area contributed by atoms with E-state index in [-0.39, 0.29) is 53.2 Å². The second-order valence-electron chi connectivity index (χ2n) is 9.70. The molecule has 0 radical (unpaired) electrons. The van der Waals surface area contributed by atoms with Crippen LogP contribution in [0.25, 0.3) is 16.6 Å². The predicted octanol–water partition coefficient (Wildman–Crippen LogP) is 1.67. The minimum atomic E-state index is -1.48. The zero-order valence-corrected chi connectivity index (χ0v) is 26.8. The Hall–Kier alpha value is -3.44. The number of methoxy groups -OCH3 is 3. The number of hydrogen-bond acceptors (Lipinski definition) is 10. The van der Waals surface area contributed by atoms with E-state index in [2.05, 4.69) is 8.75 Å². The molecule has 1 heterocycles. The number of allylic oxidation sites excluding steroid dienone is 1. The normalized spacial score (nSPS) is 13.7. The molecule has 0 N–H and O–H groups in total. The average molecular weight is 597 g/mol. The maximum atomic E-state index is 14.0. The number of benzene rings is 3. The number of carboxylic acids is 1. The Morgan fingerprint density at radius 3 is 2.17 bits per heavy atom. The number of hydrogen-bond donors (Lipinski definition) is 0. The number of Topliss-reactive ketones (excluding diaryl/α,β-unsaturated/α-hetero) is 1. The molecule has 42 heavy (non-hydrogen) atoms. The summed E-state index contributed by atoms with van der Waals surface area (Å²) in [6.07, 6.45) is 4.03. The Labute approximate surface area is 270 Å². The van der Waals surface area contributed by atoms with Crippen molar-refractivity contribution >= 4 is 40.1 Å². The maximum Gasteiger partial charge on any atom is 1.00 e. The Bertz CT molecular complexity index is 1610. The van der Waals surface area contributed by atoms with Crippen LogP contribution in [-0.2, 0) is 11.2 Å². The summed E-state index contributed by atoms with van der Waals surface area (Å²) in [7, 11) is 4.58. The summed E-state index contributed by atoms with van der Waals surface area (Å²) in [6.45, 7) is 0. The molecule has 4 aromatic rings. The quantitative estimate of drug-likeness (QED) is 0.145. The molecule has 1 aliphatic carbocycles. The summed E-state index contributed by atoms with van der Waals surface area (Å²) >= 11 is 1.02. The van der Waals surface area contributed by atoms with Crippen molar-refractivity contribution in [2.24, 2.45) is 0 Å². The van der Waals surface area contributed by atoms with Crippen LogP contribution in [0.1, 0.15) is 47.2 Å². The average Bonchev–Trinajstić information content (AvgIpc) is 3.68. The molecule has 1 fully saturated rings. The van der Waals surface area contributed by atoms with Gasteiger partial charge in [0.1, 0.15) is 16.8 Å². The Balaban J connectivity index is 0.00000405. The zero-order valence-electron chi connectivity index (χ0n) is 24.0. The summed E-state index contributed by atoms with van der Waals surface area (Å²) in [5.74, 6) is -0.0306. The first-order valence-electron chi connectivity index (χ1n) is 13.2. The van der Waals surface area contributed by atoms with E-state index in [1.54, 1.807) is 54.6 Å². The zero-order chi connectivity index (χ0) is 28.9. The van der Waals surface area contributed by atoms with Crippen LogP contribution in [0.15, 0.2) is 60.2 Å². The van der Waals surface area contributed by atoms with Gasteiger partial charge in [-0.3, -0.25) is 4.79 Å². The third kappa shape index (κ3) is 6.78. The van der Waals surface area contributed by atoms with Crippen LogP contribution >= 0.6 is 11.7 Å². The third-order valence-electron chi connectivity index (χ3n) is 7.16. The van der Waals surface area contributed by atoms with Gasteiger partial charge in [0.25, 0.3) is 0 Å². The number of aliphatic carboxylic acids is 1. The van der Waals surface area contributed by atoms with Crippen molar-refractivity contribution in [3.63, 3.8) is 0 Å². The summed E-state index contributed by atoms with van der Waals surface area (Å²) in [4.78, 5) is 26.7. The van der Waals surface area contributed by atoms with E-state index in [4.69, 9.17) is 18.9 Å². The molecule has 0 aliphatic heterocycles. The molecule has 0 spiro atoms. The molecule has 0 unspecified atom stereocenters.